The third-order valence-corrected chi connectivity index (χ3v) is 2.80. The molecule has 0 fully saturated rings. The van der Waals surface area contributed by atoms with E-state index in [1.807, 2.05) is 0 Å². The van der Waals surface area contributed by atoms with Crippen molar-refractivity contribution in [2.75, 3.05) is 0 Å². The molecule has 12 heavy (non-hydrogen) atoms. The van der Waals surface area contributed by atoms with E-state index in [9.17, 15) is 4.79 Å². The van der Waals surface area contributed by atoms with Crippen LogP contribution in [0.4, 0.5) is 0 Å². The molecular formula is C9H20O2Si. The molecule has 2 nitrogen and oxygen atoms in total. The van der Waals surface area contributed by atoms with E-state index in [2.05, 4.69) is 27.7 Å². The molecule has 0 aliphatic carbocycles. The summed E-state index contributed by atoms with van der Waals surface area (Å²) in [4.78, 5) is 11.0. The summed E-state index contributed by atoms with van der Waals surface area (Å²) in [6.07, 6.45) is 0.582. The van der Waals surface area contributed by atoms with Crippen molar-refractivity contribution >= 4 is 16.5 Å². The summed E-state index contributed by atoms with van der Waals surface area (Å²) < 4.78 is 4.78. The Morgan fingerprint density at radius 2 is 1.67 bits per heavy atom. The molecule has 0 atom stereocenters. The second kappa shape index (κ2) is 5.35. The maximum Gasteiger partial charge on any atom is 0.292 e. The van der Waals surface area contributed by atoms with Gasteiger partial charge in [0.15, 0.2) is 0 Å². The Hall–Kier alpha value is -0.313. The molecule has 0 aromatic heterocycles. The minimum atomic E-state index is -0.0333. The van der Waals surface area contributed by atoms with Gasteiger partial charge >= 0.3 is 0 Å². The predicted octanol–water partition coefficient (Wildman–Crippen LogP) is 1.13. The zero-order chi connectivity index (χ0) is 9.72. The third-order valence-electron chi connectivity index (χ3n) is 2.34. The molecule has 0 bridgehead atoms. The summed E-state index contributed by atoms with van der Waals surface area (Å²) in [7, 11) is 0.520. The Morgan fingerprint density at radius 1 is 1.25 bits per heavy atom. The summed E-state index contributed by atoms with van der Waals surface area (Å²) in [5, 5.41) is 0. The highest BCUT2D eigenvalue weighted by Gasteiger charge is 2.20. The number of carbonyl (C=O) groups is 1. The van der Waals surface area contributed by atoms with Crippen molar-refractivity contribution in [1.29, 1.82) is 0 Å². The minimum Gasteiger partial charge on any atom is -0.529 e. The summed E-state index contributed by atoms with van der Waals surface area (Å²) in [5.41, 5.74) is 0. The first-order chi connectivity index (χ1) is 5.49. The van der Waals surface area contributed by atoms with Crippen LogP contribution in [-0.2, 0) is 9.22 Å². The average Bonchev–Trinajstić information content (AvgIpc) is 1.98. The van der Waals surface area contributed by atoms with Crippen LogP contribution in [0, 0.1) is 17.8 Å². The Balaban J connectivity index is 4.05. The number of hydrogen-bond acceptors (Lipinski definition) is 2. The largest absolute Gasteiger partial charge is 0.529 e. The van der Waals surface area contributed by atoms with Gasteiger partial charge in [-0.25, -0.2) is 0 Å². The number of carbonyl (C=O) groups excluding carboxylic acids is 1. The van der Waals surface area contributed by atoms with Crippen LogP contribution in [0.5, 0.6) is 0 Å². The van der Waals surface area contributed by atoms with Crippen LogP contribution in [0.2, 0.25) is 0 Å². The maximum atomic E-state index is 11.0. The van der Waals surface area contributed by atoms with Crippen LogP contribution in [0.3, 0.4) is 0 Å². The molecule has 0 radical (unpaired) electrons. The zero-order valence-electron chi connectivity index (χ0n) is 8.76. The van der Waals surface area contributed by atoms with Crippen LogP contribution in [0.1, 0.15) is 34.1 Å². The molecule has 72 valence electrons. The van der Waals surface area contributed by atoms with E-state index >= 15 is 0 Å². The zero-order valence-corrected chi connectivity index (χ0v) is 10.8. The van der Waals surface area contributed by atoms with Gasteiger partial charge in [0.25, 0.3) is 5.97 Å². The molecular weight excluding hydrogens is 168 g/mol. The molecule has 0 aromatic carbocycles. The van der Waals surface area contributed by atoms with Crippen molar-refractivity contribution in [3.05, 3.63) is 0 Å². The predicted molar refractivity (Wildman–Crippen MR) is 53.8 cm³/mol. The van der Waals surface area contributed by atoms with Crippen LogP contribution < -0.4 is 0 Å². The van der Waals surface area contributed by atoms with Crippen molar-refractivity contribution in [2.24, 2.45) is 17.8 Å². The lowest BCUT2D eigenvalue weighted by atomic mass is 9.83. The van der Waals surface area contributed by atoms with E-state index < -0.39 is 0 Å². The second-order valence-electron chi connectivity index (χ2n) is 3.93. The fraction of sp³-hybridized carbons (Fsp3) is 0.889. The van der Waals surface area contributed by atoms with Gasteiger partial charge in [0, 0.05) is 6.42 Å². The van der Waals surface area contributed by atoms with E-state index in [0.717, 1.165) is 0 Å². The van der Waals surface area contributed by atoms with E-state index in [1.54, 1.807) is 0 Å². The second-order valence-corrected chi connectivity index (χ2v) is 4.34. The molecule has 0 rings (SSSR count). The van der Waals surface area contributed by atoms with Crippen LogP contribution in [-0.4, -0.2) is 16.5 Å². The molecule has 0 aliphatic rings. The standard InChI is InChI=1S/C9H20O2Si/c1-6(2)8(7(3)4)5-9(10)11-12/h6-8H,5H2,1-4,12H3. The Bertz CT molecular complexity index is 135. The first kappa shape index (κ1) is 11.7. The van der Waals surface area contributed by atoms with Gasteiger partial charge in [0.2, 0.25) is 10.5 Å². The Labute approximate surface area is 78.2 Å². The normalized spacial score (nSPS) is 11.6. The summed E-state index contributed by atoms with van der Waals surface area (Å²) in [6, 6.07) is 0. The summed E-state index contributed by atoms with van der Waals surface area (Å²) in [6.45, 7) is 8.63. The minimum absolute atomic E-state index is 0.0333. The highest BCUT2D eigenvalue weighted by Crippen LogP contribution is 2.24. The molecule has 3 heteroatoms. The van der Waals surface area contributed by atoms with Gasteiger partial charge in [0.05, 0.1) is 0 Å². The highest BCUT2D eigenvalue weighted by atomic mass is 28.2. The van der Waals surface area contributed by atoms with Crippen molar-refractivity contribution < 1.29 is 9.22 Å². The van der Waals surface area contributed by atoms with Crippen molar-refractivity contribution in [1.82, 2.24) is 0 Å². The topological polar surface area (TPSA) is 26.3 Å². The summed E-state index contributed by atoms with van der Waals surface area (Å²) >= 11 is 0. The summed E-state index contributed by atoms with van der Waals surface area (Å²) in [5.74, 6) is 1.55. The van der Waals surface area contributed by atoms with Gasteiger partial charge < -0.3 is 4.43 Å². The molecule has 0 N–H and O–H groups in total. The molecule has 0 aliphatic heterocycles. The van der Waals surface area contributed by atoms with E-state index in [1.165, 1.54) is 0 Å². The molecule has 0 heterocycles. The Morgan fingerprint density at radius 3 is 1.92 bits per heavy atom. The molecule has 0 spiro atoms. The first-order valence-electron chi connectivity index (χ1n) is 4.55. The van der Waals surface area contributed by atoms with Gasteiger partial charge in [-0.15, -0.1) is 0 Å². The highest BCUT2D eigenvalue weighted by molar-refractivity contribution is 6.05. The van der Waals surface area contributed by atoms with E-state index in [-0.39, 0.29) is 5.97 Å². The lowest BCUT2D eigenvalue weighted by molar-refractivity contribution is -0.135. The van der Waals surface area contributed by atoms with Crippen molar-refractivity contribution in [3.8, 4) is 0 Å². The molecule has 0 unspecified atom stereocenters. The first-order valence-corrected chi connectivity index (χ1v) is 5.37. The monoisotopic (exact) mass is 188 g/mol. The van der Waals surface area contributed by atoms with E-state index in [0.29, 0.717) is 34.7 Å². The van der Waals surface area contributed by atoms with Crippen LogP contribution >= 0.6 is 0 Å². The van der Waals surface area contributed by atoms with Crippen LogP contribution in [0.15, 0.2) is 0 Å². The molecule has 0 amide bonds. The van der Waals surface area contributed by atoms with Gasteiger partial charge in [-0.3, -0.25) is 4.79 Å². The maximum absolute atomic E-state index is 11.0. The third kappa shape index (κ3) is 3.90. The lowest BCUT2D eigenvalue weighted by Gasteiger charge is -2.23. The van der Waals surface area contributed by atoms with Crippen molar-refractivity contribution in [2.45, 2.75) is 34.1 Å². The van der Waals surface area contributed by atoms with Gasteiger partial charge in [-0.1, -0.05) is 27.7 Å². The fourth-order valence-corrected chi connectivity index (χ4v) is 1.68. The number of rotatable bonds is 4. The molecule has 0 saturated heterocycles. The fourth-order valence-electron chi connectivity index (χ4n) is 1.52. The van der Waals surface area contributed by atoms with Crippen LogP contribution in [0.25, 0.3) is 0 Å². The average molecular weight is 188 g/mol. The smallest absolute Gasteiger partial charge is 0.292 e. The van der Waals surface area contributed by atoms with Gasteiger partial charge in [-0.2, -0.15) is 0 Å². The molecule has 0 saturated carbocycles. The van der Waals surface area contributed by atoms with E-state index in [4.69, 9.17) is 4.43 Å². The lowest BCUT2D eigenvalue weighted by Crippen LogP contribution is -2.20. The van der Waals surface area contributed by atoms with Crippen molar-refractivity contribution in [3.63, 3.8) is 0 Å². The van der Waals surface area contributed by atoms with Gasteiger partial charge in [0.1, 0.15) is 0 Å². The number of hydrogen-bond donors (Lipinski definition) is 0. The Kier molecular flexibility index (Phi) is 5.21. The SMILES string of the molecule is CC(C)C(CC(=O)O[SiH3])C(C)C. The molecule has 0 aromatic rings. The van der Waals surface area contributed by atoms with Gasteiger partial charge in [-0.05, 0) is 17.8 Å². The quantitative estimate of drug-likeness (QED) is 0.618.